The summed E-state index contributed by atoms with van der Waals surface area (Å²) in [5.41, 5.74) is 2.79. The van der Waals surface area contributed by atoms with E-state index in [-0.39, 0.29) is 0 Å². The predicted octanol–water partition coefficient (Wildman–Crippen LogP) is 2.86. The van der Waals surface area contributed by atoms with Crippen LogP contribution in [0.2, 0.25) is 0 Å². The highest BCUT2D eigenvalue weighted by molar-refractivity contribution is 7.52. The van der Waals surface area contributed by atoms with Crippen molar-refractivity contribution in [3.63, 3.8) is 0 Å². The van der Waals surface area contributed by atoms with E-state index < -0.39 is 13.4 Å². The average molecular weight is 317 g/mol. The number of aromatic nitrogens is 2. The van der Waals surface area contributed by atoms with Gasteiger partial charge in [0.15, 0.2) is 5.78 Å². The summed E-state index contributed by atoms with van der Waals surface area (Å²) in [5.74, 6) is -1.10. The first-order chi connectivity index (χ1) is 10.4. The van der Waals surface area contributed by atoms with Crippen molar-refractivity contribution >= 4 is 24.3 Å². The average Bonchev–Trinajstić information content (AvgIpc) is 2.86. The molecule has 0 saturated heterocycles. The Bertz CT molecular complexity index is 842. The lowest BCUT2D eigenvalue weighted by Crippen LogP contribution is -2.11. The van der Waals surface area contributed by atoms with E-state index in [9.17, 15) is 14.4 Å². The van der Waals surface area contributed by atoms with Crippen LogP contribution in [0.25, 0.3) is 11.0 Å². The normalized spacial score (nSPS) is 13.2. The van der Waals surface area contributed by atoms with Crippen LogP contribution in [0, 0.1) is 0 Å². The second-order valence-electron chi connectivity index (χ2n) is 5.11. The highest BCUT2D eigenvalue weighted by Crippen LogP contribution is 2.51. The molecule has 0 saturated carbocycles. The predicted molar refractivity (Wildman–Crippen MR) is 85.6 cm³/mol. The number of para-hydroxylation sites is 1. The third-order valence-electron chi connectivity index (χ3n) is 3.48. The summed E-state index contributed by atoms with van der Waals surface area (Å²) in [6, 6.07) is 14.2. The van der Waals surface area contributed by atoms with Gasteiger partial charge in [0.2, 0.25) is 0 Å². The molecule has 1 atom stereocenters. The fourth-order valence-corrected chi connectivity index (χ4v) is 3.23. The number of imidazole rings is 1. The van der Waals surface area contributed by atoms with Gasteiger partial charge in [-0.05, 0) is 29.8 Å². The molecular formula is C15H16N3O3P. The van der Waals surface area contributed by atoms with Crippen molar-refractivity contribution in [1.82, 2.24) is 9.55 Å². The minimum absolute atomic E-state index is 0.522. The van der Waals surface area contributed by atoms with Crippen LogP contribution in [0.1, 0.15) is 11.3 Å². The van der Waals surface area contributed by atoms with Crippen LogP contribution in [0.3, 0.4) is 0 Å². The molecule has 0 aliphatic carbocycles. The van der Waals surface area contributed by atoms with E-state index in [2.05, 4.69) is 10.3 Å². The Kier molecular flexibility index (Phi) is 3.74. The van der Waals surface area contributed by atoms with Gasteiger partial charge in [0, 0.05) is 12.7 Å². The van der Waals surface area contributed by atoms with Crippen LogP contribution in [0.4, 0.5) is 5.69 Å². The summed E-state index contributed by atoms with van der Waals surface area (Å²) >= 11 is 0. The van der Waals surface area contributed by atoms with Crippen molar-refractivity contribution in [2.24, 2.45) is 7.05 Å². The van der Waals surface area contributed by atoms with Gasteiger partial charge in [-0.1, -0.05) is 24.3 Å². The molecule has 1 heterocycles. The number of anilines is 1. The first-order valence-electron chi connectivity index (χ1n) is 6.73. The number of fused-ring (bicyclic) bond motifs is 1. The van der Waals surface area contributed by atoms with Gasteiger partial charge in [-0.25, -0.2) is 4.98 Å². The fraction of sp³-hybridized carbons (Fsp3) is 0.133. The lowest BCUT2D eigenvalue weighted by molar-refractivity contribution is 0.363. The number of nitrogens with one attached hydrogen (secondary N) is 1. The number of hydrogen-bond acceptors (Lipinski definition) is 3. The summed E-state index contributed by atoms with van der Waals surface area (Å²) in [7, 11) is -2.53. The molecule has 7 heteroatoms. The Morgan fingerprint density at radius 3 is 2.59 bits per heavy atom. The molecule has 114 valence electrons. The van der Waals surface area contributed by atoms with Crippen LogP contribution < -0.4 is 5.32 Å². The van der Waals surface area contributed by atoms with Gasteiger partial charge >= 0.3 is 7.60 Å². The van der Waals surface area contributed by atoms with E-state index in [1.807, 2.05) is 29.8 Å². The lowest BCUT2D eigenvalue weighted by atomic mass is 10.2. The van der Waals surface area contributed by atoms with Gasteiger partial charge in [-0.3, -0.25) is 4.57 Å². The number of rotatable bonds is 4. The maximum atomic E-state index is 11.9. The molecule has 0 fully saturated rings. The highest BCUT2D eigenvalue weighted by atomic mass is 31.2. The number of nitrogens with zero attached hydrogens (tertiary/aromatic N) is 2. The highest BCUT2D eigenvalue weighted by Gasteiger charge is 2.30. The van der Waals surface area contributed by atoms with Crippen LogP contribution >= 0.6 is 7.60 Å². The van der Waals surface area contributed by atoms with Gasteiger partial charge in [0.1, 0.15) is 0 Å². The second-order valence-corrected chi connectivity index (χ2v) is 6.80. The SMILES string of the molecule is Cn1cnc2ccc(C(Nc3ccccc3)P(=O)(O)O)cc21. The quantitative estimate of drug-likeness (QED) is 0.644. The third kappa shape index (κ3) is 2.90. The van der Waals surface area contributed by atoms with Crippen molar-refractivity contribution in [1.29, 1.82) is 0 Å². The molecule has 3 aromatic rings. The molecule has 3 N–H and O–H groups in total. The molecule has 0 bridgehead atoms. The Morgan fingerprint density at radius 1 is 1.18 bits per heavy atom. The van der Waals surface area contributed by atoms with Crippen molar-refractivity contribution in [2.45, 2.75) is 5.78 Å². The van der Waals surface area contributed by atoms with Crippen LogP contribution in [-0.2, 0) is 11.6 Å². The van der Waals surface area contributed by atoms with Gasteiger partial charge < -0.3 is 19.7 Å². The van der Waals surface area contributed by atoms with E-state index in [4.69, 9.17) is 0 Å². The topological polar surface area (TPSA) is 87.4 Å². The van der Waals surface area contributed by atoms with E-state index in [1.165, 1.54) is 0 Å². The smallest absolute Gasteiger partial charge is 0.352 e. The third-order valence-corrected chi connectivity index (χ3v) is 4.58. The molecule has 0 spiro atoms. The zero-order valence-corrected chi connectivity index (χ0v) is 12.8. The maximum absolute atomic E-state index is 11.9. The van der Waals surface area contributed by atoms with Crippen LogP contribution in [0.15, 0.2) is 54.9 Å². The van der Waals surface area contributed by atoms with Crippen molar-refractivity contribution in [3.8, 4) is 0 Å². The van der Waals surface area contributed by atoms with Crippen molar-refractivity contribution < 1.29 is 14.4 Å². The maximum Gasteiger partial charge on any atom is 0.352 e. The molecule has 2 aromatic carbocycles. The van der Waals surface area contributed by atoms with E-state index >= 15 is 0 Å². The first-order valence-corrected chi connectivity index (χ1v) is 8.41. The number of hydrogen-bond donors (Lipinski definition) is 3. The standard InChI is InChI=1S/C15H16N3O3P/c1-18-10-16-13-8-7-11(9-14(13)18)15(22(19,20)21)17-12-5-3-2-4-6-12/h2-10,15,17H,1H3,(H2,19,20,21). The van der Waals surface area contributed by atoms with E-state index in [1.54, 1.807) is 36.7 Å². The molecule has 1 unspecified atom stereocenters. The van der Waals surface area contributed by atoms with Gasteiger partial charge in [0.05, 0.1) is 17.4 Å². The van der Waals surface area contributed by atoms with Crippen molar-refractivity contribution in [3.05, 3.63) is 60.4 Å². The Morgan fingerprint density at radius 2 is 1.91 bits per heavy atom. The summed E-state index contributed by atoms with van der Waals surface area (Å²) in [4.78, 5) is 23.6. The van der Waals surface area contributed by atoms with Crippen molar-refractivity contribution in [2.75, 3.05) is 5.32 Å². The molecule has 0 aliphatic rings. The molecular weight excluding hydrogens is 301 g/mol. The number of aryl methyl sites for hydroxylation is 1. The summed E-state index contributed by atoms with van der Waals surface area (Å²) in [5, 5.41) is 2.92. The van der Waals surface area contributed by atoms with Crippen LogP contribution in [-0.4, -0.2) is 19.3 Å². The fourth-order valence-electron chi connectivity index (χ4n) is 2.37. The largest absolute Gasteiger partial charge is 0.368 e. The van der Waals surface area contributed by atoms with Gasteiger partial charge in [-0.2, -0.15) is 0 Å². The molecule has 6 nitrogen and oxygen atoms in total. The Hall–Kier alpha value is -2.14. The Labute approximate surface area is 127 Å². The molecule has 0 radical (unpaired) electrons. The molecule has 1 aromatic heterocycles. The molecule has 22 heavy (non-hydrogen) atoms. The first kappa shape index (κ1) is 14.8. The summed E-state index contributed by atoms with van der Waals surface area (Å²) < 4.78 is 13.7. The zero-order chi connectivity index (χ0) is 15.7. The van der Waals surface area contributed by atoms with E-state index in [0.717, 1.165) is 11.0 Å². The van der Waals surface area contributed by atoms with Gasteiger partial charge in [-0.15, -0.1) is 0 Å². The minimum atomic E-state index is -4.38. The summed E-state index contributed by atoms with van der Waals surface area (Å²) in [6.45, 7) is 0. The molecule has 0 aliphatic heterocycles. The zero-order valence-electron chi connectivity index (χ0n) is 11.9. The van der Waals surface area contributed by atoms with E-state index in [0.29, 0.717) is 11.3 Å². The molecule has 0 amide bonds. The summed E-state index contributed by atoms with van der Waals surface area (Å²) in [6.07, 6.45) is 1.67. The number of benzene rings is 2. The molecule has 3 rings (SSSR count). The second kappa shape index (κ2) is 5.57. The lowest BCUT2D eigenvalue weighted by Gasteiger charge is -2.21. The monoisotopic (exact) mass is 317 g/mol. The van der Waals surface area contributed by atoms with Gasteiger partial charge in [0.25, 0.3) is 0 Å². The van der Waals surface area contributed by atoms with Crippen LogP contribution in [0.5, 0.6) is 0 Å². The minimum Gasteiger partial charge on any atom is -0.368 e. The Balaban J connectivity index is 2.04.